The Balaban J connectivity index is 0.00000180. The molecule has 0 saturated carbocycles. The Morgan fingerprint density at radius 3 is 2.95 bits per heavy atom. The van der Waals surface area contributed by atoms with E-state index in [9.17, 15) is 4.79 Å². The molecule has 1 aliphatic rings. The number of carbonyl (C=O) groups excluding carboxylic acids is 1. The Kier molecular flexibility index (Phi) is 10.9. The first kappa shape index (κ1) is 19.5. The van der Waals surface area contributed by atoms with Crippen LogP contribution < -0.4 is 10.6 Å². The molecule has 0 aliphatic carbocycles. The van der Waals surface area contributed by atoms with E-state index in [0.29, 0.717) is 12.5 Å². The lowest BCUT2D eigenvalue weighted by Gasteiger charge is -2.10. The number of rotatable bonds is 6. The number of halogens is 2. The lowest BCUT2D eigenvalue weighted by Crippen LogP contribution is -2.36. The molecule has 1 saturated heterocycles. The van der Waals surface area contributed by atoms with Gasteiger partial charge in [-0.25, -0.2) is 0 Å². The first-order chi connectivity index (χ1) is 8.84. The SMILES string of the molecule is Cl.Cl.O=C(CCSCc1ccccn1)NC1CCNC1. The van der Waals surface area contributed by atoms with Gasteiger partial charge in [0.05, 0.1) is 5.69 Å². The molecule has 1 aliphatic heterocycles. The van der Waals surface area contributed by atoms with E-state index in [4.69, 9.17) is 0 Å². The minimum absolute atomic E-state index is 0. The molecule has 114 valence electrons. The van der Waals surface area contributed by atoms with Crippen LogP contribution in [0.3, 0.4) is 0 Å². The first-order valence-corrected chi connectivity index (χ1v) is 7.48. The van der Waals surface area contributed by atoms with Gasteiger partial charge >= 0.3 is 0 Å². The van der Waals surface area contributed by atoms with Gasteiger partial charge in [-0.2, -0.15) is 11.8 Å². The maximum Gasteiger partial charge on any atom is 0.221 e. The second-order valence-electron chi connectivity index (χ2n) is 4.38. The predicted molar refractivity (Wildman–Crippen MR) is 88.9 cm³/mol. The highest BCUT2D eigenvalue weighted by molar-refractivity contribution is 7.98. The van der Waals surface area contributed by atoms with Crippen molar-refractivity contribution < 1.29 is 4.79 Å². The van der Waals surface area contributed by atoms with E-state index in [1.54, 1.807) is 18.0 Å². The largest absolute Gasteiger partial charge is 0.352 e. The van der Waals surface area contributed by atoms with Crippen molar-refractivity contribution in [3.05, 3.63) is 30.1 Å². The van der Waals surface area contributed by atoms with Gasteiger partial charge in [0, 0.05) is 36.7 Å². The molecule has 1 aromatic heterocycles. The van der Waals surface area contributed by atoms with Crippen LogP contribution in [-0.2, 0) is 10.5 Å². The molecule has 0 bridgehead atoms. The smallest absolute Gasteiger partial charge is 0.221 e. The van der Waals surface area contributed by atoms with Crippen molar-refractivity contribution in [2.45, 2.75) is 24.6 Å². The zero-order chi connectivity index (χ0) is 12.6. The predicted octanol–water partition coefficient (Wildman–Crippen LogP) is 2.03. The quantitative estimate of drug-likeness (QED) is 0.780. The van der Waals surface area contributed by atoms with Gasteiger partial charge in [-0.15, -0.1) is 24.8 Å². The number of aromatic nitrogens is 1. The fourth-order valence-electron chi connectivity index (χ4n) is 1.90. The van der Waals surface area contributed by atoms with Crippen molar-refractivity contribution in [2.24, 2.45) is 0 Å². The molecule has 20 heavy (non-hydrogen) atoms. The number of amides is 1. The fourth-order valence-corrected chi connectivity index (χ4v) is 2.76. The summed E-state index contributed by atoms with van der Waals surface area (Å²) in [6, 6.07) is 6.25. The molecule has 1 fully saturated rings. The van der Waals surface area contributed by atoms with Crippen LogP contribution in [0, 0.1) is 0 Å². The molecule has 2 N–H and O–H groups in total. The summed E-state index contributed by atoms with van der Waals surface area (Å²) in [5.41, 5.74) is 1.07. The van der Waals surface area contributed by atoms with E-state index >= 15 is 0 Å². The molecule has 4 nitrogen and oxygen atoms in total. The second-order valence-corrected chi connectivity index (χ2v) is 5.49. The summed E-state index contributed by atoms with van der Waals surface area (Å²) < 4.78 is 0. The Morgan fingerprint density at radius 1 is 1.45 bits per heavy atom. The van der Waals surface area contributed by atoms with E-state index in [1.165, 1.54) is 0 Å². The van der Waals surface area contributed by atoms with Crippen molar-refractivity contribution in [1.82, 2.24) is 15.6 Å². The summed E-state index contributed by atoms with van der Waals surface area (Å²) >= 11 is 1.75. The molecule has 7 heteroatoms. The Bertz CT molecular complexity index is 375. The summed E-state index contributed by atoms with van der Waals surface area (Å²) in [5, 5.41) is 6.29. The van der Waals surface area contributed by atoms with Crippen LogP contribution in [0.4, 0.5) is 0 Å². The summed E-state index contributed by atoms with van der Waals surface area (Å²) in [4.78, 5) is 15.9. The van der Waals surface area contributed by atoms with Crippen LogP contribution in [0.1, 0.15) is 18.5 Å². The highest BCUT2D eigenvalue weighted by Gasteiger charge is 2.15. The third-order valence-corrected chi connectivity index (χ3v) is 3.87. The molecule has 2 heterocycles. The fraction of sp³-hybridized carbons (Fsp3) is 0.538. The van der Waals surface area contributed by atoms with Crippen LogP contribution in [-0.4, -0.2) is 35.8 Å². The lowest BCUT2D eigenvalue weighted by molar-refractivity contribution is -0.121. The minimum atomic E-state index is 0. The van der Waals surface area contributed by atoms with Gasteiger partial charge in [-0.1, -0.05) is 6.07 Å². The van der Waals surface area contributed by atoms with Gasteiger partial charge in [-0.05, 0) is 25.1 Å². The molecule has 0 radical (unpaired) electrons. The summed E-state index contributed by atoms with van der Waals surface area (Å²) in [6.07, 6.45) is 3.44. The Labute approximate surface area is 136 Å². The number of nitrogens with zero attached hydrogens (tertiary/aromatic N) is 1. The zero-order valence-electron chi connectivity index (χ0n) is 11.2. The van der Waals surface area contributed by atoms with Crippen LogP contribution in [0.15, 0.2) is 24.4 Å². The third kappa shape index (κ3) is 7.33. The van der Waals surface area contributed by atoms with Gasteiger partial charge in [-0.3, -0.25) is 9.78 Å². The van der Waals surface area contributed by atoms with Crippen LogP contribution in [0.2, 0.25) is 0 Å². The Morgan fingerprint density at radius 2 is 2.30 bits per heavy atom. The minimum Gasteiger partial charge on any atom is -0.352 e. The average molecular weight is 338 g/mol. The monoisotopic (exact) mass is 337 g/mol. The molecular weight excluding hydrogens is 317 g/mol. The molecule has 1 aromatic rings. The number of pyridine rings is 1. The summed E-state index contributed by atoms with van der Waals surface area (Å²) in [5.74, 6) is 1.89. The van der Waals surface area contributed by atoms with Crippen molar-refractivity contribution >= 4 is 42.5 Å². The van der Waals surface area contributed by atoms with Crippen molar-refractivity contribution in [2.75, 3.05) is 18.8 Å². The van der Waals surface area contributed by atoms with E-state index in [0.717, 1.165) is 36.7 Å². The molecular formula is C13H21Cl2N3OS. The van der Waals surface area contributed by atoms with Crippen molar-refractivity contribution in [3.8, 4) is 0 Å². The zero-order valence-corrected chi connectivity index (χ0v) is 13.7. The van der Waals surface area contributed by atoms with E-state index in [-0.39, 0.29) is 30.7 Å². The first-order valence-electron chi connectivity index (χ1n) is 6.32. The number of hydrogen-bond acceptors (Lipinski definition) is 4. The maximum absolute atomic E-state index is 11.6. The highest BCUT2D eigenvalue weighted by Crippen LogP contribution is 2.10. The average Bonchev–Trinajstić information content (AvgIpc) is 2.89. The van der Waals surface area contributed by atoms with Gasteiger partial charge in [0.2, 0.25) is 5.91 Å². The normalized spacial score (nSPS) is 16.9. The van der Waals surface area contributed by atoms with Crippen molar-refractivity contribution in [3.63, 3.8) is 0 Å². The number of thioether (sulfide) groups is 1. The molecule has 0 spiro atoms. The molecule has 0 aromatic carbocycles. The van der Waals surface area contributed by atoms with Gasteiger partial charge in [0.1, 0.15) is 0 Å². The van der Waals surface area contributed by atoms with E-state index < -0.39 is 0 Å². The van der Waals surface area contributed by atoms with Crippen LogP contribution in [0.5, 0.6) is 0 Å². The van der Waals surface area contributed by atoms with Crippen molar-refractivity contribution in [1.29, 1.82) is 0 Å². The van der Waals surface area contributed by atoms with E-state index in [2.05, 4.69) is 15.6 Å². The molecule has 1 amide bonds. The second kappa shape index (κ2) is 11.2. The standard InChI is InChI=1S/C13H19N3OS.2ClH/c17-13(16-11-4-7-14-9-11)5-8-18-10-12-3-1-2-6-15-12;;/h1-3,6,11,14H,4-5,7-10H2,(H,16,17);2*1H. The van der Waals surface area contributed by atoms with Crippen LogP contribution in [0.25, 0.3) is 0 Å². The van der Waals surface area contributed by atoms with Gasteiger partial charge in [0.15, 0.2) is 0 Å². The van der Waals surface area contributed by atoms with Gasteiger partial charge in [0.25, 0.3) is 0 Å². The van der Waals surface area contributed by atoms with E-state index in [1.807, 2.05) is 18.2 Å². The number of nitrogens with one attached hydrogen (secondary N) is 2. The third-order valence-electron chi connectivity index (χ3n) is 2.87. The van der Waals surface area contributed by atoms with Gasteiger partial charge < -0.3 is 10.6 Å². The highest BCUT2D eigenvalue weighted by atomic mass is 35.5. The summed E-state index contributed by atoms with van der Waals surface area (Å²) in [7, 11) is 0. The molecule has 1 unspecified atom stereocenters. The topological polar surface area (TPSA) is 54.0 Å². The molecule has 2 rings (SSSR count). The number of carbonyl (C=O) groups is 1. The Hall–Kier alpha value is -0.490. The number of hydrogen-bond donors (Lipinski definition) is 2. The maximum atomic E-state index is 11.6. The molecule has 1 atom stereocenters. The van der Waals surface area contributed by atoms with Crippen LogP contribution >= 0.6 is 36.6 Å². The lowest BCUT2D eigenvalue weighted by atomic mass is 10.2. The summed E-state index contributed by atoms with van der Waals surface area (Å²) in [6.45, 7) is 1.92.